The SMILES string of the molecule is CC(N1C(=O)NC(=O)C1=O)C(C)(F)F. The average Bonchev–Trinajstić information content (AvgIpc) is 2.24. The van der Waals surface area contributed by atoms with Gasteiger partial charge in [0.25, 0.3) is 5.92 Å². The Kier molecular flexibility index (Phi) is 2.26. The summed E-state index contributed by atoms with van der Waals surface area (Å²) in [6.07, 6.45) is 0. The van der Waals surface area contributed by atoms with E-state index in [0.717, 1.165) is 6.92 Å². The quantitative estimate of drug-likeness (QED) is 0.515. The third kappa shape index (κ3) is 1.57. The second kappa shape index (κ2) is 3.00. The molecule has 14 heavy (non-hydrogen) atoms. The van der Waals surface area contributed by atoms with Gasteiger partial charge in [-0.05, 0) is 6.92 Å². The second-order valence-electron chi connectivity index (χ2n) is 3.07. The van der Waals surface area contributed by atoms with Crippen LogP contribution in [0.15, 0.2) is 0 Å². The van der Waals surface area contributed by atoms with Crippen LogP contribution in [0.4, 0.5) is 13.6 Å². The lowest BCUT2D eigenvalue weighted by Gasteiger charge is -2.25. The number of carbonyl (C=O) groups is 3. The van der Waals surface area contributed by atoms with E-state index in [-0.39, 0.29) is 4.90 Å². The summed E-state index contributed by atoms with van der Waals surface area (Å²) >= 11 is 0. The zero-order valence-electron chi connectivity index (χ0n) is 7.51. The van der Waals surface area contributed by atoms with Gasteiger partial charge in [0.15, 0.2) is 0 Å². The fourth-order valence-electron chi connectivity index (χ4n) is 0.991. The summed E-state index contributed by atoms with van der Waals surface area (Å²) in [6, 6.07) is -2.74. The number of carbonyl (C=O) groups excluding carboxylic acids is 3. The topological polar surface area (TPSA) is 66.5 Å². The van der Waals surface area contributed by atoms with Crippen molar-refractivity contribution in [3.63, 3.8) is 0 Å². The number of nitrogens with one attached hydrogen (secondary N) is 1. The van der Waals surface area contributed by atoms with E-state index in [2.05, 4.69) is 0 Å². The maximum Gasteiger partial charge on any atom is 0.332 e. The van der Waals surface area contributed by atoms with Crippen molar-refractivity contribution in [1.82, 2.24) is 10.2 Å². The Morgan fingerprint density at radius 2 is 1.86 bits per heavy atom. The van der Waals surface area contributed by atoms with Crippen LogP contribution in [0.25, 0.3) is 0 Å². The summed E-state index contributed by atoms with van der Waals surface area (Å²) in [6.45, 7) is 1.57. The van der Waals surface area contributed by atoms with Crippen molar-refractivity contribution >= 4 is 17.8 Å². The molecule has 0 bridgehead atoms. The molecule has 1 fully saturated rings. The molecular formula is C7H8F2N2O3. The molecule has 0 spiro atoms. The first-order chi connectivity index (χ1) is 6.25. The van der Waals surface area contributed by atoms with Gasteiger partial charge in [-0.25, -0.2) is 18.5 Å². The van der Waals surface area contributed by atoms with Crippen molar-refractivity contribution in [1.29, 1.82) is 0 Å². The molecule has 78 valence electrons. The highest BCUT2D eigenvalue weighted by atomic mass is 19.3. The third-order valence-electron chi connectivity index (χ3n) is 1.97. The van der Waals surface area contributed by atoms with Crippen LogP contribution in [0.3, 0.4) is 0 Å². The van der Waals surface area contributed by atoms with Gasteiger partial charge in [0.2, 0.25) is 0 Å². The molecule has 0 aliphatic carbocycles. The molecule has 1 unspecified atom stereocenters. The summed E-state index contributed by atoms with van der Waals surface area (Å²) in [5.74, 6) is -5.66. The zero-order valence-corrected chi connectivity index (χ0v) is 7.51. The summed E-state index contributed by atoms with van der Waals surface area (Å²) in [5, 5.41) is 1.63. The molecule has 4 amide bonds. The number of imide groups is 2. The van der Waals surface area contributed by atoms with Crippen LogP contribution in [0.5, 0.6) is 0 Å². The van der Waals surface area contributed by atoms with Gasteiger partial charge in [-0.15, -0.1) is 0 Å². The fraction of sp³-hybridized carbons (Fsp3) is 0.571. The van der Waals surface area contributed by atoms with Gasteiger partial charge >= 0.3 is 17.8 Å². The molecule has 0 aromatic heterocycles. The predicted molar refractivity (Wildman–Crippen MR) is 40.5 cm³/mol. The Morgan fingerprint density at radius 3 is 2.14 bits per heavy atom. The molecule has 7 heteroatoms. The van der Waals surface area contributed by atoms with E-state index < -0.39 is 29.8 Å². The molecule has 0 radical (unpaired) electrons. The Bertz CT molecular complexity index is 311. The highest BCUT2D eigenvalue weighted by Gasteiger charge is 2.47. The molecular weight excluding hydrogens is 198 g/mol. The van der Waals surface area contributed by atoms with Crippen molar-refractivity contribution in [2.75, 3.05) is 0 Å². The number of rotatable bonds is 2. The van der Waals surface area contributed by atoms with Gasteiger partial charge < -0.3 is 0 Å². The summed E-state index contributed by atoms with van der Waals surface area (Å²) in [5.41, 5.74) is 0. The lowest BCUT2D eigenvalue weighted by atomic mass is 10.2. The summed E-state index contributed by atoms with van der Waals surface area (Å²) in [4.78, 5) is 32.8. The second-order valence-corrected chi connectivity index (χ2v) is 3.07. The van der Waals surface area contributed by atoms with Crippen molar-refractivity contribution in [2.24, 2.45) is 0 Å². The van der Waals surface area contributed by atoms with Crippen LogP contribution in [-0.2, 0) is 9.59 Å². The van der Waals surface area contributed by atoms with Gasteiger partial charge in [-0.1, -0.05) is 0 Å². The first-order valence-electron chi connectivity index (χ1n) is 3.81. The molecule has 1 aliphatic heterocycles. The molecule has 1 N–H and O–H groups in total. The molecule has 0 saturated carbocycles. The van der Waals surface area contributed by atoms with Crippen molar-refractivity contribution < 1.29 is 23.2 Å². The predicted octanol–water partition coefficient (Wildman–Crippen LogP) is 0.108. The van der Waals surface area contributed by atoms with Crippen molar-refractivity contribution in [3.05, 3.63) is 0 Å². The third-order valence-corrected chi connectivity index (χ3v) is 1.97. The number of hydrogen-bond donors (Lipinski definition) is 1. The van der Waals surface area contributed by atoms with Crippen molar-refractivity contribution in [2.45, 2.75) is 25.8 Å². The molecule has 0 aromatic carbocycles. The maximum atomic E-state index is 12.8. The first-order valence-corrected chi connectivity index (χ1v) is 3.81. The molecule has 1 aliphatic rings. The molecule has 1 rings (SSSR count). The van der Waals surface area contributed by atoms with Crippen LogP contribution in [0.1, 0.15) is 13.8 Å². The van der Waals surface area contributed by atoms with Crippen LogP contribution in [-0.4, -0.2) is 34.7 Å². The van der Waals surface area contributed by atoms with Gasteiger partial charge in [-0.3, -0.25) is 14.9 Å². The molecule has 0 aromatic rings. The summed E-state index contributed by atoms with van der Waals surface area (Å²) < 4.78 is 25.5. The Hall–Kier alpha value is -1.53. The lowest BCUT2D eigenvalue weighted by Crippen LogP contribution is -2.47. The van der Waals surface area contributed by atoms with E-state index in [1.807, 2.05) is 0 Å². The van der Waals surface area contributed by atoms with Crippen LogP contribution < -0.4 is 5.32 Å². The minimum absolute atomic E-state index is 0.225. The Labute approximate surface area is 78.0 Å². The smallest absolute Gasteiger partial charge is 0.269 e. The largest absolute Gasteiger partial charge is 0.332 e. The highest BCUT2D eigenvalue weighted by molar-refractivity contribution is 6.44. The van der Waals surface area contributed by atoms with E-state index in [0.29, 0.717) is 6.92 Å². The van der Waals surface area contributed by atoms with E-state index >= 15 is 0 Å². The minimum atomic E-state index is -3.24. The molecule has 1 atom stereocenters. The molecule has 1 heterocycles. The normalized spacial score (nSPS) is 20.0. The van der Waals surface area contributed by atoms with Gasteiger partial charge in [0.05, 0.1) is 0 Å². The number of amides is 4. The van der Waals surface area contributed by atoms with Gasteiger partial charge in [0, 0.05) is 6.92 Å². The fourth-order valence-corrected chi connectivity index (χ4v) is 0.991. The van der Waals surface area contributed by atoms with Gasteiger partial charge in [-0.2, -0.15) is 0 Å². The molecule has 5 nitrogen and oxygen atoms in total. The van der Waals surface area contributed by atoms with Crippen LogP contribution in [0.2, 0.25) is 0 Å². The number of urea groups is 1. The number of halogens is 2. The number of alkyl halides is 2. The van der Waals surface area contributed by atoms with E-state index in [1.165, 1.54) is 0 Å². The maximum absolute atomic E-state index is 12.8. The highest BCUT2D eigenvalue weighted by Crippen LogP contribution is 2.23. The van der Waals surface area contributed by atoms with Crippen molar-refractivity contribution in [3.8, 4) is 0 Å². The molecule has 1 saturated heterocycles. The average molecular weight is 206 g/mol. The Morgan fingerprint density at radius 1 is 1.36 bits per heavy atom. The van der Waals surface area contributed by atoms with E-state index in [9.17, 15) is 23.2 Å². The number of nitrogens with zero attached hydrogens (tertiary/aromatic N) is 1. The number of hydrogen-bond acceptors (Lipinski definition) is 3. The Balaban J connectivity index is 2.94. The monoisotopic (exact) mass is 206 g/mol. The minimum Gasteiger partial charge on any atom is -0.269 e. The van der Waals surface area contributed by atoms with E-state index in [4.69, 9.17) is 0 Å². The van der Waals surface area contributed by atoms with Crippen LogP contribution in [0, 0.1) is 0 Å². The zero-order chi connectivity index (χ0) is 11.1. The summed E-state index contributed by atoms with van der Waals surface area (Å²) in [7, 11) is 0. The van der Waals surface area contributed by atoms with Crippen LogP contribution >= 0.6 is 0 Å². The lowest BCUT2D eigenvalue weighted by molar-refractivity contribution is -0.144. The van der Waals surface area contributed by atoms with E-state index in [1.54, 1.807) is 5.32 Å². The first kappa shape index (κ1) is 10.6. The standard InChI is InChI=1S/C7H8F2N2O3/c1-3(7(2,8)9)11-5(13)4(12)10-6(11)14/h3H,1-2H3,(H,10,12,14). The van der Waals surface area contributed by atoms with Gasteiger partial charge in [0.1, 0.15) is 6.04 Å².